The van der Waals surface area contributed by atoms with Crippen LogP contribution < -0.4 is 4.74 Å². The molecule has 1 aromatic carbocycles. The summed E-state index contributed by atoms with van der Waals surface area (Å²) in [6.07, 6.45) is 6.56. The number of hydrogen-bond acceptors (Lipinski definition) is 2. The van der Waals surface area contributed by atoms with E-state index in [2.05, 4.69) is 33.1 Å². The van der Waals surface area contributed by atoms with E-state index in [1.807, 2.05) is 30.5 Å². The summed E-state index contributed by atoms with van der Waals surface area (Å²) >= 11 is 3.42. The van der Waals surface area contributed by atoms with Gasteiger partial charge in [-0.2, -0.15) is 0 Å². The number of para-hydroxylation sites is 1. The highest BCUT2D eigenvalue weighted by Gasteiger charge is 2.13. The summed E-state index contributed by atoms with van der Waals surface area (Å²) < 4.78 is 6.83. The number of pyridine rings is 1. The number of rotatable bonds is 1. The molecule has 0 spiro atoms. The molecule has 3 rings (SSSR count). The van der Waals surface area contributed by atoms with Gasteiger partial charge in [-0.1, -0.05) is 18.2 Å². The fourth-order valence-electron chi connectivity index (χ4n) is 1.86. The van der Waals surface area contributed by atoms with Crippen molar-refractivity contribution in [3.63, 3.8) is 0 Å². The van der Waals surface area contributed by atoms with Gasteiger partial charge in [-0.3, -0.25) is 4.98 Å². The molecule has 0 unspecified atom stereocenters. The van der Waals surface area contributed by atoms with E-state index in [0.717, 1.165) is 28.0 Å². The van der Waals surface area contributed by atoms with Crippen molar-refractivity contribution < 1.29 is 4.74 Å². The summed E-state index contributed by atoms with van der Waals surface area (Å²) in [7, 11) is 0. The van der Waals surface area contributed by atoms with Gasteiger partial charge in [-0.25, -0.2) is 0 Å². The third kappa shape index (κ3) is 2.11. The Balaban J connectivity index is 1.96. The Hall–Kier alpha value is -1.61. The highest BCUT2D eigenvalue weighted by atomic mass is 79.9. The lowest BCUT2D eigenvalue weighted by Crippen LogP contribution is -2.03. The van der Waals surface area contributed by atoms with Crippen LogP contribution in [0.3, 0.4) is 0 Å². The lowest BCUT2D eigenvalue weighted by molar-refractivity contribution is 0.498. The van der Waals surface area contributed by atoms with Gasteiger partial charge in [0.15, 0.2) is 0 Å². The van der Waals surface area contributed by atoms with Gasteiger partial charge in [0, 0.05) is 22.4 Å². The fraction of sp³-hybridized carbons (Fsp3) is 0.0714. The number of fused-ring (bicyclic) bond motifs is 1. The number of nitrogens with zero attached hydrogens (tertiary/aromatic N) is 1. The first kappa shape index (κ1) is 10.5. The minimum absolute atomic E-state index is 0.873. The van der Waals surface area contributed by atoms with E-state index in [1.54, 1.807) is 6.20 Å². The summed E-state index contributed by atoms with van der Waals surface area (Å²) in [5.74, 6) is 1.81. The molecule has 0 amide bonds. The second kappa shape index (κ2) is 4.34. The third-order valence-electron chi connectivity index (χ3n) is 2.69. The van der Waals surface area contributed by atoms with Crippen molar-refractivity contribution in [3.05, 3.63) is 64.4 Å². The predicted octanol–water partition coefficient (Wildman–Crippen LogP) is 3.82. The van der Waals surface area contributed by atoms with E-state index in [9.17, 15) is 0 Å². The SMILES string of the molecule is Brc1cncc(C2=CCc3ccccc3O2)c1. The largest absolute Gasteiger partial charge is 0.457 e. The summed E-state index contributed by atoms with van der Waals surface area (Å²) in [5, 5.41) is 0. The molecule has 0 fully saturated rings. The Labute approximate surface area is 108 Å². The molecule has 17 heavy (non-hydrogen) atoms. The van der Waals surface area contributed by atoms with E-state index in [-0.39, 0.29) is 0 Å². The zero-order valence-corrected chi connectivity index (χ0v) is 10.6. The molecule has 1 aromatic heterocycles. The molecule has 0 saturated carbocycles. The van der Waals surface area contributed by atoms with Crippen LogP contribution in [0.1, 0.15) is 11.1 Å². The quantitative estimate of drug-likeness (QED) is 0.795. The van der Waals surface area contributed by atoms with Gasteiger partial charge >= 0.3 is 0 Å². The first-order valence-corrected chi connectivity index (χ1v) is 6.19. The molecule has 1 aliphatic heterocycles. The van der Waals surface area contributed by atoms with Crippen LogP contribution >= 0.6 is 15.9 Å². The highest BCUT2D eigenvalue weighted by molar-refractivity contribution is 9.10. The molecular weight excluding hydrogens is 278 g/mol. The Morgan fingerprint density at radius 1 is 1.18 bits per heavy atom. The van der Waals surface area contributed by atoms with Crippen molar-refractivity contribution in [1.82, 2.24) is 4.98 Å². The monoisotopic (exact) mass is 287 g/mol. The van der Waals surface area contributed by atoms with E-state index in [0.29, 0.717) is 0 Å². The van der Waals surface area contributed by atoms with Crippen molar-refractivity contribution in [2.45, 2.75) is 6.42 Å². The first-order valence-electron chi connectivity index (χ1n) is 5.40. The van der Waals surface area contributed by atoms with Crippen molar-refractivity contribution in [3.8, 4) is 5.75 Å². The average Bonchev–Trinajstić information content (AvgIpc) is 2.38. The molecule has 0 aliphatic carbocycles. The topological polar surface area (TPSA) is 22.1 Å². The molecule has 1 aliphatic rings. The smallest absolute Gasteiger partial charge is 0.132 e. The molecule has 3 heteroatoms. The van der Waals surface area contributed by atoms with Gasteiger partial charge in [-0.05, 0) is 46.1 Å². The summed E-state index contributed by atoms with van der Waals surface area (Å²) in [6, 6.07) is 10.1. The van der Waals surface area contributed by atoms with E-state index in [1.165, 1.54) is 5.56 Å². The molecule has 0 atom stereocenters. The fourth-order valence-corrected chi connectivity index (χ4v) is 2.22. The number of benzene rings is 1. The van der Waals surface area contributed by atoms with E-state index < -0.39 is 0 Å². The Bertz CT molecular complexity index is 592. The minimum Gasteiger partial charge on any atom is -0.457 e. The van der Waals surface area contributed by atoms with Crippen LogP contribution in [0.25, 0.3) is 5.76 Å². The van der Waals surface area contributed by atoms with E-state index in [4.69, 9.17) is 4.74 Å². The predicted molar refractivity (Wildman–Crippen MR) is 70.7 cm³/mol. The zero-order chi connectivity index (χ0) is 11.7. The van der Waals surface area contributed by atoms with Crippen molar-refractivity contribution in [2.75, 3.05) is 0 Å². The molecule has 2 aromatic rings. The van der Waals surface area contributed by atoms with Gasteiger partial charge in [0.2, 0.25) is 0 Å². The Morgan fingerprint density at radius 3 is 2.94 bits per heavy atom. The minimum atomic E-state index is 0.873. The molecule has 2 heterocycles. The lowest BCUT2D eigenvalue weighted by Gasteiger charge is -2.18. The standard InChI is InChI=1S/C14H10BrNO/c15-12-7-11(8-16-9-12)14-6-5-10-3-1-2-4-13(10)17-14/h1-4,6-9H,5H2. The van der Waals surface area contributed by atoms with Crippen LogP contribution in [0.15, 0.2) is 53.3 Å². The van der Waals surface area contributed by atoms with Gasteiger partial charge in [0.1, 0.15) is 11.5 Å². The van der Waals surface area contributed by atoms with Gasteiger partial charge < -0.3 is 4.74 Å². The summed E-state index contributed by atoms with van der Waals surface area (Å²) in [6.45, 7) is 0. The molecule has 0 radical (unpaired) electrons. The number of allylic oxidation sites excluding steroid dienone is 1. The van der Waals surface area contributed by atoms with Crippen LogP contribution in [0.5, 0.6) is 5.75 Å². The number of aromatic nitrogens is 1. The lowest BCUT2D eigenvalue weighted by atomic mass is 10.1. The van der Waals surface area contributed by atoms with Gasteiger partial charge in [0.05, 0.1) is 0 Å². The van der Waals surface area contributed by atoms with E-state index >= 15 is 0 Å². The molecular formula is C14H10BrNO. The molecule has 0 bridgehead atoms. The van der Waals surface area contributed by atoms with Gasteiger partial charge in [0.25, 0.3) is 0 Å². The highest BCUT2D eigenvalue weighted by Crippen LogP contribution is 2.30. The van der Waals surface area contributed by atoms with Crippen LogP contribution in [0.2, 0.25) is 0 Å². The van der Waals surface area contributed by atoms with Crippen LogP contribution in [0.4, 0.5) is 0 Å². The molecule has 84 valence electrons. The van der Waals surface area contributed by atoms with Gasteiger partial charge in [-0.15, -0.1) is 0 Å². The summed E-state index contributed by atoms with van der Waals surface area (Å²) in [4.78, 5) is 4.15. The van der Waals surface area contributed by atoms with Crippen LogP contribution in [0, 0.1) is 0 Å². The first-order chi connectivity index (χ1) is 8.33. The van der Waals surface area contributed by atoms with Crippen molar-refractivity contribution in [1.29, 1.82) is 0 Å². The third-order valence-corrected chi connectivity index (χ3v) is 3.12. The number of ether oxygens (including phenoxy) is 1. The maximum Gasteiger partial charge on any atom is 0.132 e. The van der Waals surface area contributed by atoms with Crippen LogP contribution in [-0.2, 0) is 6.42 Å². The maximum absolute atomic E-state index is 5.87. The molecule has 0 N–H and O–H groups in total. The zero-order valence-electron chi connectivity index (χ0n) is 9.06. The Morgan fingerprint density at radius 2 is 2.06 bits per heavy atom. The molecule has 0 saturated heterocycles. The van der Waals surface area contributed by atoms with Crippen molar-refractivity contribution in [2.24, 2.45) is 0 Å². The summed E-state index contributed by atoms with van der Waals surface area (Å²) in [5.41, 5.74) is 2.22. The van der Waals surface area contributed by atoms with Crippen LogP contribution in [-0.4, -0.2) is 4.98 Å². The second-order valence-electron chi connectivity index (χ2n) is 3.87. The Kier molecular flexibility index (Phi) is 2.69. The second-order valence-corrected chi connectivity index (χ2v) is 4.79. The number of hydrogen-bond donors (Lipinski definition) is 0. The maximum atomic E-state index is 5.87. The van der Waals surface area contributed by atoms with Crippen molar-refractivity contribution >= 4 is 21.7 Å². The average molecular weight is 288 g/mol. The normalized spacial score (nSPS) is 13.6. The molecule has 2 nitrogen and oxygen atoms in total. The number of halogens is 1.